The van der Waals surface area contributed by atoms with Gasteiger partial charge >= 0.3 is 0 Å². The summed E-state index contributed by atoms with van der Waals surface area (Å²) in [6.45, 7) is 4.26. The molecule has 0 radical (unpaired) electrons. The maximum Gasteiger partial charge on any atom is 0.125 e. The van der Waals surface area contributed by atoms with Crippen molar-refractivity contribution in [3.63, 3.8) is 0 Å². The summed E-state index contributed by atoms with van der Waals surface area (Å²) in [5, 5.41) is 4.47. The van der Waals surface area contributed by atoms with Crippen LogP contribution in [0.1, 0.15) is 39.5 Å². The summed E-state index contributed by atoms with van der Waals surface area (Å²) in [5.41, 5.74) is 0. The summed E-state index contributed by atoms with van der Waals surface area (Å²) in [4.78, 5) is 9.87. The normalized spacial score (nSPS) is 31.1. The van der Waals surface area contributed by atoms with E-state index in [1.165, 1.54) is 0 Å². The quantitative estimate of drug-likeness (QED) is 0.590. The van der Waals surface area contributed by atoms with Gasteiger partial charge in [-0.05, 0) is 12.8 Å². The Bertz CT molecular complexity index is 93.5. The minimum absolute atomic E-state index is 0.153. The van der Waals surface area contributed by atoms with E-state index in [9.17, 15) is 0 Å². The molecule has 0 N–H and O–H groups in total. The Morgan fingerprint density at radius 2 is 1.36 bits per heavy atom. The number of hydrogen-bond acceptors (Lipinski definition) is 3. The zero-order chi connectivity index (χ0) is 8.10. The van der Waals surface area contributed by atoms with Gasteiger partial charge in [-0.2, -0.15) is 9.78 Å². The number of hydrogen-bond donors (Lipinski definition) is 0. The third-order valence-corrected chi connectivity index (χ3v) is 1.89. The number of rotatable bonds is 4. The topological polar surface area (TPSA) is 27.7 Å². The van der Waals surface area contributed by atoms with Gasteiger partial charge in [0, 0.05) is 0 Å². The fourth-order valence-corrected chi connectivity index (χ4v) is 1.28. The van der Waals surface area contributed by atoms with E-state index in [0.29, 0.717) is 0 Å². The Morgan fingerprint density at radius 1 is 0.909 bits per heavy atom. The Labute approximate surface area is 67.5 Å². The maximum absolute atomic E-state index is 4.94. The summed E-state index contributed by atoms with van der Waals surface area (Å²) in [6.07, 6.45) is 4.56. The first-order valence-corrected chi connectivity index (χ1v) is 4.37. The third kappa shape index (κ3) is 2.43. The van der Waals surface area contributed by atoms with E-state index in [2.05, 4.69) is 18.9 Å². The van der Waals surface area contributed by atoms with Crippen molar-refractivity contribution in [2.75, 3.05) is 0 Å². The lowest BCUT2D eigenvalue weighted by atomic mass is 10.1. The lowest BCUT2D eigenvalue weighted by Crippen LogP contribution is -2.21. The van der Waals surface area contributed by atoms with E-state index >= 15 is 0 Å². The highest BCUT2D eigenvalue weighted by atomic mass is 17.5. The van der Waals surface area contributed by atoms with Gasteiger partial charge in [-0.1, -0.05) is 31.7 Å². The predicted octanol–water partition coefficient (Wildman–Crippen LogP) is 2.22. The molecule has 1 aliphatic rings. The summed E-state index contributed by atoms with van der Waals surface area (Å²) in [5.74, 6) is 0. The van der Waals surface area contributed by atoms with Crippen molar-refractivity contribution in [1.29, 1.82) is 0 Å². The average molecular weight is 160 g/mol. The van der Waals surface area contributed by atoms with Crippen LogP contribution in [-0.4, -0.2) is 12.2 Å². The first-order chi connectivity index (χ1) is 5.38. The molecule has 2 atom stereocenters. The highest BCUT2D eigenvalue weighted by Crippen LogP contribution is 2.21. The standard InChI is InChI=1S/C8H16O3/c1-3-5-7-8(6-4-2)10-11-9-7/h7-8H,3-6H2,1-2H3/t7-,8+. The van der Waals surface area contributed by atoms with Crippen LogP contribution in [0.2, 0.25) is 0 Å². The van der Waals surface area contributed by atoms with Crippen LogP contribution >= 0.6 is 0 Å². The SMILES string of the molecule is CCC[C@@H]1OOO[C@@H]1CCC. The molecule has 0 aliphatic carbocycles. The monoisotopic (exact) mass is 160 g/mol. The van der Waals surface area contributed by atoms with Crippen molar-refractivity contribution in [1.82, 2.24) is 0 Å². The molecule has 11 heavy (non-hydrogen) atoms. The molecule has 0 unspecified atom stereocenters. The minimum Gasteiger partial charge on any atom is -0.200 e. The highest BCUT2D eigenvalue weighted by molar-refractivity contribution is 4.69. The molecule has 3 heteroatoms. The summed E-state index contributed by atoms with van der Waals surface area (Å²) in [7, 11) is 0. The Hall–Kier alpha value is -0.120. The van der Waals surface area contributed by atoms with Gasteiger partial charge in [0.2, 0.25) is 0 Å². The average Bonchev–Trinajstić information content (AvgIpc) is 2.39. The second-order valence-corrected chi connectivity index (χ2v) is 2.91. The predicted molar refractivity (Wildman–Crippen MR) is 40.6 cm³/mol. The van der Waals surface area contributed by atoms with Crippen LogP contribution in [0.25, 0.3) is 0 Å². The van der Waals surface area contributed by atoms with Crippen LogP contribution in [0.15, 0.2) is 0 Å². The molecule has 0 bridgehead atoms. The zero-order valence-corrected chi connectivity index (χ0v) is 7.21. The van der Waals surface area contributed by atoms with Crippen LogP contribution in [0.4, 0.5) is 0 Å². The Morgan fingerprint density at radius 3 is 1.73 bits per heavy atom. The maximum atomic E-state index is 4.94. The fourth-order valence-electron chi connectivity index (χ4n) is 1.28. The van der Waals surface area contributed by atoms with E-state index in [0.717, 1.165) is 25.7 Å². The van der Waals surface area contributed by atoms with Crippen molar-refractivity contribution < 1.29 is 14.8 Å². The first-order valence-electron chi connectivity index (χ1n) is 4.37. The molecule has 1 rings (SSSR count). The van der Waals surface area contributed by atoms with Gasteiger partial charge in [0.05, 0.1) is 0 Å². The van der Waals surface area contributed by atoms with Gasteiger partial charge in [-0.25, -0.2) is 0 Å². The van der Waals surface area contributed by atoms with Gasteiger partial charge in [0.1, 0.15) is 12.2 Å². The van der Waals surface area contributed by atoms with Crippen molar-refractivity contribution in [3.05, 3.63) is 0 Å². The molecule has 1 aliphatic heterocycles. The largest absolute Gasteiger partial charge is 0.200 e. The molecule has 0 aromatic carbocycles. The van der Waals surface area contributed by atoms with Gasteiger partial charge in [0.25, 0.3) is 0 Å². The molecule has 1 heterocycles. The molecule has 1 saturated heterocycles. The second kappa shape index (κ2) is 4.70. The van der Waals surface area contributed by atoms with Crippen LogP contribution in [0, 0.1) is 0 Å². The van der Waals surface area contributed by atoms with Crippen LogP contribution in [-0.2, 0) is 14.8 Å². The summed E-state index contributed by atoms with van der Waals surface area (Å²) >= 11 is 0. The molecule has 66 valence electrons. The van der Waals surface area contributed by atoms with E-state index in [4.69, 9.17) is 9.78 Å². The van der Waals surface area contributed by atoms with E-state index < -0.39 is 0 Å². The van der Waals surface area contributed by atoms with Crippen molar-refractivity contribution in [2.45, 2.75) is 51.7 Å². The van der Waals surface area contributed by atoms with Gasteiger partial charge in [0.15, 0.2) is 0 Å². The van der Waals surface area contributed by atoms with Crippen LogP contribution in [0.3, 0.4) is 0 Å². The molecule has 1 fully saturated rings. The summed E-state index contributed by atoms with van der Waals surface area (Å²) < 4.78 is 0. The van der Waals surface area contributed by atoms with Gasteiger partial charge in [-0.3, -0.25) is 0 Å². The molecule has 3 nitrogen and oxygen atoms in total. The lowest BCUT2D eigenvalue weighted by molar-refractivity contribution is -0.466. The molecular weight excluding hydrogens is 144 g/mol. The first kappa shape index (κ1) is 8.97. The van der Waals surface area contributed by atoms with E-state index in [1.807, 2.05) is 0 Å². The molecule has 0 amide bonds. The highest BCUT2D eigenvalue weighted by Gasteiger charge is 2.30. The van der Waals surface area contributed by atoms with Crippen molar-refractivity contribution in [2.24, 2.45) is 0 Å². The molecule has 0 aromatic rings. The van der Waals surface area contributed by atoms with Crippen LogP contribution < -0.4 is 0 Å². The molecule has 0 aromatic heterocycles. The minimum atomic E-state index is 0.153. The van der Waals surface area contributed by atoms with Crippen LogP contribution in [0.5, 0.6) is 0 Å². The van der Waals surface area contributed by atoms with Gasteiger partial charge < -0.3 is 0 Å². The zero-order valence-electron chi connectivity index (χ0n) is 7.21. The van der Waals surface area contributed by atoms with Crippen molar-refractivity contribution >= 4 is 0 Å². The van der Waals surface area contributed by atoms with Crippen molar-refractivity contribution in [3.8, 4) is 0 Å². The molecular formula is C8H16O3. The van der Waals surface area contributed by atoms with E-state index in [-0.39, 0.29) is 12.2 Å². The van der Waals surface area contributed by atoms with E-state index in [1.54, 1.807) is 0 Å². The second-order valence-electron chi connectivity index (χ2n) is 2.91. The smallest absolute Gasteiger partial charge is 0.125 e. The van der Waals surface area contributed by atoms with Gasteiger partial charge in [-0.15, -0.1) is 0 Å². The Kier molecular flexibility index (Phi) is 3.83. The summed E-state index contributed by atoms with van der Waals surface area (Å²) in [6, 6.07) is 0. The lowest BCUT2D eigenvalue weighted by Gasteiger charge is -2.10. The third-order valence-electron chi connectivity index (χ3n) is 1.89. The molecule has 0 spiro atoms. The molecule has 0 saturated carbocycles. The Balaban J connectivity index is 2.25. The fraction of sp³-hybridized carbons (Fsp3) is 1.00.